The highest BCUT2D eigenvalue weighted by Crippen LogP contribution is 2.27. The molecule has 2 aromatic rings. The zero-order valence-corrected chi connectivity index (χ0v) is 12.0. The van der Waals surface area contributed by atoms with Gasteiger partial charge in [-0.25, -0.2) is 0 Å². The number of hydrogen-bond acceptors (Lipinski definition) is 1. The number of benzene rings is 2. The molecule has 0 aliphatic carbocycles. The topological polar surface area (TPSA) is 3.24 Å². The standard InChI is InChI=1S/C13H11Br2N/c1-16(12-6-2-4-10(14)8-12)13-7-3-5-11(15)9-13/h2-9H,1H3. The third-order valence-corrected chi connectivity index (χ3v) is 3.38. The molecule has 0 aliphatic heterocycles. The Morgan fingerprint density at radius 1 is 0.812 bits per heavy atom. The molecule has 0 saturated carbocycles. The van der Waals surface area contributed by atoms with E-state index in [0.717, 1.165) is 20.3 Å². The second-order valence-corrected chi connectivity index (χ2v) is 5.35. The van der Waals surface area contributed by atoms with Gasteiger partial charge in [0.05, 0.1) is 0 Å². The van der Waals surface area contributed by atoms with Crippen molar-refractivity contribution in [2.75, 3.05) is 11.9 Å². The lowest BCUT2D eigenvalue weighted by Gasteiger charge is -2.19. The predicted octanol–water partition coefficient (Wildman–Crippen LogP) is 4.98. The normalized spacial score (nSPS) is 10.2. The molecule has 2 aromatic carbocycles. The Hall–Kier alpha value is -0.800. The summed E-state index contributed by atoms with van der Waals surface area (Å²) in [6.45, 7) is 0. The van der Waals surface area contributed by atoms with Crippen molar-refractivity contribution in [2.45, 2.75) is 0 Å². The minimum atomic E-state index is 1.09. The Morgan fingerprint density at radius 2 is 1.25 bits per heavy atom. The van der Waals surface area contributed by atoms with Crippen LogP contribution in [0.4, 0.5) is 11.4 Å². The Labute approximate surface area is 112 Å². The van der Waals surface area contributed by atoms with Crippen molar-refractivity contribution in [3.05, 3.63) is 57.5 Å². The Balaban J connectivity index is 2.35. The van der Waals surface area contributed by atoms with Crippen molar-refractivity contribution >= 4 is 43.2 Å². The van der Waals surface area contributed by atoms with Crippen molar-refractivity contribution in [1.82, 2.24) is 0 Å². The van der Waals surface area contributed by atoms with Gasteiger partial charge < -0.3 is 4.90 Å². The average Bonchev–Trinajstić information content (AvgIpc) is 2.28. The lowest BCUT2D eigenvalue weighted by atomic mass is 10.2. The molecule has 3 heteroatoms. The molecule has 2 rings (SSSR count). The second-order valence-electron chi connectivity index (χ2n) is 3.52. The first-order valence-corrected chi connectivity index (χ1v) is 6.50. The maximum atomic E-state index is 3.48. The summed E-state index contributed by atoms with van der Waals surface area (Å²) in [6, 6.07) is 16.5. The zero-order valence-electron chi connectivity index (χ0n) is 8.82. The largest absolute Gasteiger partial charge is 0.345 e. The molecule has 0 heterocycles. The van der Waals surface area contributed by atoms with E-state index in [1.54, 1.807) is 0 Å². The van der Waals surface area contributed by atoms with E-state index >= 15 is 0 Å². The highest BCUT2D eigenvalue weighted by molar-refractivity contribution is 9.10. The van der Waals surface area contributed by atoms with Crippen LogP contribution in [0.25, 0.3) is 0 Å². The van der Waals surface area contributed by atoms with E-state index < -0.39 is 0 Å². The third-order valence-electron chi connectivity index (χ3n) is 2.39. The maximum Gasteiger partial charge on any atom is 0.0419 e. The van der Waals surface area contributed by atoms with Gasteiger partial charge in [-0.1, -0.05) is 44.0 Å². The van der Waals surface area contributed by atoms with Gasteiger partial charge in [0, 0.05) is 27.4 Å². The van der Waals surface area contributed by atoms with E-state index in [1.807, 2.05) is 24.3 Å². The summed E-state index contributed by atoms with van der Waals surface area (Å²) in [7, 11) is 2.06. The molecule has 0 saturated heterocycles. The number of rotatable bonds is 2. The number of halogens is 2. The van der Waals surface area contributed by atoms with E-state index in [0.29, 0.717) is 0 Å². The maximum absolute atomic E-state index is 3.48. The fourth-order valence-corrected chi connectivity index (χ4v) is 2.29. The molecule has 82 valence electrons. The average molecular weight is 341 g/mol. The molecule has 0 spiro atoms. The monoisotopic (exact) mass is 339 g/mol. The van der Waals surface area contributed by atoms with Crippen LogP contribution in [0.3, 0.4) is 0 Å². The van der Waals surface area contributed by atoms with Crippen molar-refractivity contribution in [3.63, 3.8) is 0 Å². The van der Waals surface area contributed by atoms with Crippen LogP contribution in [-0.2, 0) is 0 Å². The first-order valence-electron chi connectivity index (χ1n) is 4.92. The molecule has 0 radical (unpaired) electrons. The van der Waals surface area contributed by atoms with Gasteiger partial charge in [-0.2, -0.15) is 0 Å². The van der Waals surface area contributed by atoms with Crippen LogP contribution in [0.15, 0.2) is 57.5 Å². The third kappa shape index (κ3) is 2.66. The van der Waals surface area contributed by atoms with Gasteiger partial charge in [0.2, 0.25) is 0 Å². The minimum Gasteiger partial charge on any atom is -0.345 e. The van der Waals surface area contributed by atoms with E-state index in [1.165, 1.54) is 0 Å². The van der Waals surface area contributed by atoms with Crippen LogP contribution in [0, 0.1) is 0 Å². The molecule has 0 aromatic heterocycles. The van der Waals surface area contributed by atoms with Crippen LogP contribution in [-0.4, -0.2) is 7.05 Å². The molecular weight excluding hydrogens is 330 g/mol. The highest BCUT2D eigenvalue weighted by atomic mass is 79.9. The van der Waals surface area contributed by atoms with Crippen LogP contribution < -0.4 is 4.90 Å². The minimum absolute atomic E-state index is 1.09. The number of hydrogen-bond donors (Lipinski definition) is 0. The Morgan fingerprint density at radius 3 is 1.62 bits per heavy atom. The van der Waals surface area contributed by atoms with Crippen molar-refractivity contribution < 1.29 is 0 Å². The predicted molar refractivity (Wildman–Crippen MR) is 76.3 cm³/mol. The van der Waals surface area contributed by atoms with E-state index in [-0.39, 0.29) is 0 Å². The summed E-state index contributed by atoms with van der Waals surface area (Å²) < 4.78 is 2.18. The summed E-state index contributed by atoms with van der Waals surface area (Å²) in [5.74, 6) is 0. The van der Waals surface area contributed by atoms with Gasteiger partial charge in [-0.05, 0) is 36.4 Å². The lowest BCUT2D eigenvalue weighted by Crippen LogP contribution is -2.08. The highest BCUT2D eigenvalue weighted by Gasteiger charge is 2.04. The molecule has 0 amide bonds. The number of nitrogens with zero attached hydrogens (tertiary/aromatic N) is 1. The first-order chi connectivity index (χ1) is 7.66. The SMILES string of the molecule is CN(c1cccc(Br)c1)c1cccc(Br)c1. The molecular formula is C13H11Br2N. The molecule has 1 nitrogen and oxygen atoms in total. The Kier molecular flexibility index (Phi) is 3.66. The first kappa shape index (κ1) is 11.7. The Bertz CT molecular complexity index is 451. The molecule has 0 fully saturated rings. The number of anilines is 2. The smallest absolute Gasteiger partial charge is 0.0419 e. The van der Waals surface area contributed by atoms with Crippen LogP contribution in [0.5, 0.6) is 0 Å². The lowest BCUT2D eigenvalue weighted by molar-refractivity contribution is 1.20. The van der Waals surface area contributed by atoms with Crippen LogP contribution in [0.1, 0.15) is 0 Å². The summed E-state index contributed by atoms with van der Waals surface area (Å²) in [5.41, 5.74) is 2.32. The summed E-state index contributed by atoms with van der Waals surface area (Å²) in [5, 5.41) is 0. The molecule has 0 atom stereocenters. The molecule has 0 bridgehead atoms. The van der Waals surface area contributed by atoms with Crippen molar-refractivity contribution in [1.29, 1.82) is 0 Å². The van der Waals surface area contributed by atoms with Gasteiger partial charge in [0.1, 0.15) is 0 Å². The second kappa shape index (κ2) is 5.02. The molecule has 0 N–H and O–H groups in total. The molecule has 0 aliphatic rings. The molecule has 0 unspecified atom stereocenters. The zero-order chi connectivity index (χ0) is 11.5. The van der Waals surface area contributed by atoms with Crippen LogP contribution in [0.2, 0.25) is 0 Å². The van der Waals surface area contributed by atoms with Gasteiger partial charge in [-0.15, -0.1) is 0 Å². The van der Waals surface area contributed by atoms with Gasteiger partial charge in [0.25, 0.3) is 0 Å². The summed E-state index contributed by atoms with van der Waals surface area (Å²) in [4.78, 5) is 2.15. The van der Waals surface area contributed by atoms with Gasteiger partial charge >= 0.3 is 0 Å². The fraction of sp³-hybridized carbons (Fsp3) is 0.0769. The van der Waals surface area contributed by atoms with E-state index in [2.05, 4.69) is 68.1 Å². The quantitative estimate of drug-likeness (QED) is 0.745. The summed E-state index contributed by atoms with van der Waals surface area (Å²) in [6.07, 6.45) is 0. The van der Waals surface area contributed by atoms with E-state index in [4.69, 9.17) is 0 Å². The van der Waals surface area contributed by atoms with Crippen molar-refractivity contribution in [3.8, 4) is 0 Å². The van der Waals surface area contributed by atoms with Crippen molar-refractivity contribution in [2.24, 2.45) is 0 Å². The fourth-order valence-electron chi connectivity index (χ4n) is 1.52. The van der Waals surface area contributed by atoms with Gasteiger partial charge in [0.15, 0.2) is 0 Å². The van der Waals surface area contributed by atoms with Crippen LogP contribution >= 0.6 is 31.9 Å². The summed E-state index contributed by atoms with van der Waals surface area (Å²) >= 11 is 6.96. The molecule has 16 heavy (non-hydrogen) atoms. The van der Waals surface area contributed by atoms with Gasteiger partial charge in [-0.3, -0.25) is 0 Å². The van der Waals surface area contributed by atoms with E-state index in [9.17, 15) is 0 Å².